The van der Waals surface area contributed by atoms with Crippen molar-refractivity contribution in [2.75, 3.05) is 6.61 Å². The Morgan fingerprint density at radius 1 is 0.871 bits per heavy atom. The second-order valence-corrected chi connectivity index (χ2v) is 8.81. The van der Waals surface area contributed by atoms with Crippen molar-refractivity contribution in [2.45, 2.75) is 77.6 Å². The predicted molar refractivity (Wildman–Crippen MR) is 133 cm³/mol. The number of aryl methyl sites for hydroxylation is 1. The predicted octanol–water partition coefficient (Wildman–Crippen LogP) is 8.09. The lowest BCUT2D eigenvalue weighted by Crippen LogP contribution is -2.11. The Labute approximate surface area is 189 Å². The molecule has 1 heteroatoms. The topological polar surface area (TPSA) is 9.23 Å². The van der Waals surface area contributed by atoms with Crippen LogP contribution in [0.15, 0.2) is 60.7 Å². The Morgan fingerprint density at radius 3 is 2.29 bits per heavy atom. The van der Waals surface area contributed by atoms with Crippen LogP contribution in [0, 0.1) is 17.8 Å². The van der Waals surface area contributed by atoms with Crippen LogP contribution in [0.5, 0.6) is 5.75 Å². The largest absolute Gasteiger partial charge is 0.494 e. The van der Waals surface area contributed by atoms with Crippen molar-refractivity contribution in [2.24, 2.45) is 5.92 Å². The number of hydrogen-bond donors (Lipinski definition) is 0. The molecule has 0 heterocycles. The number of rotatable bonds is 9. The average Bonchev–Trinajstić information content (AvgIpc) is 2.82. The number of ether oxygens (including phenoxy) is 1. The molecule has 0 unspecified atom stereocenters. The maximum absolute atomic E-state index is 5.76. The van der Waals surface area contributed by atoms with Gasteiger partial charge in [-0.3, -0.25) is 0 Å². The van der Waals surface area contributed by atoms with Gasteiger partial charge in [0, 0.05) is 5.56 Å². The van der Waals surface area contributed by atoms with Crippen molar-refractivity contribution in [1.82, 2.24) is 0 Å². The van der Waals surface area contributed by atoms with Crippen LogP contribution in [0.2, 0.25) is 0 Å². The first-order valence-electron chi connectivity index (χ1n) is 12.3. The molecule has 1 nitrogen and oxygen atoms in total. The van der Waals surface area contributed by atoms with Crippen molar-refractivity contribution in [1.29, 1.82) is 0 Å². The first-order chi connectivity index (χ1) is 15.3. The van der Waals surface area contributed by atoms with E-state index in [2.05, 4.69) is 62.1 Å². The highest BCUT2D eigenvalue weighted by atomic mass is 16.5. The molecule has 3 rings (SSSR count). The summed E-state index contributed by atoms with van der Waals surface area (Å²) in [6, 6.07) is 17.5. The van der Waals surface area contributed by atoms with E-state index in [1.165, 1.54) is 62.5 Å². The third-order valence-corrected chi connectivity index (χ3v) is 6.30. The Bertz CT molecular complexity index is 840. The molecule has 0 aromatic heterocycles. The summed E-state index contributed by atoms with van der Waals surface area (Å²) in [5.41, 5.74) is 4.04. The van der Waals surface area contributed by atoms with Crippen molar-refractivity contribution in [3.05, 3.63) is 77.4 Å². The molecule has 0 spiro atoms. The molecule has 1 saturated carbocycles. The zero-order valence-electron chi connectivity index (χ0n) is 19.4. The maximum Gasteiger partial charge on any atom is 0.119 e. The summed E-state index contributed by atoms with van der Waals surface area (Å²) in [4.78, 5) is 0. The van der Waals surface area contributed by atoms with Gasteiger partial charge in [0.05, 0.1) is 6.61 Å². The van der Waals surface area contributed by atoms with Crippen LogP contribution in [-0.4, -0.2) is 6.61 Å². The van der Waals surface area contributed by atoms with Gasteiger partial charge in [-0.15, -0.1) is 0 Å². The third-order valence-electron chi connectivity index (χ3n) is 6.30. The van der Waals surface area contributed by atoms with Gasteiger partial charge < -0.3 is 4.74 Å². The molecule has 0 saturated heterocycles. The monoisotopic (exact) mass is 414 g/mol. The second-order valence-electron chi connectivity index (χ2n) is 8.81. The molecule has 2 aromatic rings. The highest BCUT2D eigenvalue weighted by Gasteiger charge is 2.20. The minimum atomic E-state index is 0.670. The molecule has 0 atom stereocenters. The zero-order valence-corrected chi connectivity index (χ0v) is 19.4. The molecular weight excluding hydrogens is 376 g/mol. The summed E-state index contributed by atoms with van der Waals surface area (Å²) in [5.74, 6) is 8.80. The van der Waals surface area contributed by atoms with Gasteiger partial charge in [0.25, 0.3) is 0 Å². The van der Waals surface area contributed by atoms with Crippen LogP contribution in [-0.2, 0) is 6.42 Å². The van der Waals surface area contributed by atoms with Gasteiger partial charge in [0.2, 0.25) is 0 Å². The van der Waals surface area contributed by atoms with Gasteiger partial charge in [-0.1, -0.05) is 75.3 Å². The van der Waals surface area contributed by atoms with Crippen LogP contribution in [0.3, 0.4) is 0 Å². The van der Waals surface area contributed by atoms with E-state index in [-0.39, 0.29) is 0 Å². The fourth-order valence-electron chi connectivity index (χ4n) is 4.38. The first-order valence-corrected chi connectivity index (χ1v) is 12.3. The van der Waals surface area contributed by atoms with Gasteiger partial charge in [0.1, 0.15) is 5.75 Å². The van der Waals surface area contributed by atoms with Crippen molar-refractivity contribution < 1.29 is 4.74 Å². The minimum absolute atomic E-state index is 0.670. The molecule has 1 aliphatic carbocycles. The molecule has 0 radical (unpaired) electrons. The highest BCUT2D eigenvalue weighted by Crippen LogP contribution is 2.36. The Balaban J connectivity index is 1.41. The quantitative estimate of drug-likeness (QED) is 0.297. The summed E-state index contributed by atoms with van der Waals surface area (Å²) in [6.07, 6.45) is 15.5. The molecule has 0 aliphatic heterocycles. The van der Waals surface area contributed by atoms with Crippen molar-refractivity contribution in [3.63, 3.8) is 0 Å². The van der Waals surface area contributed by atoms with Crippen LogP contribution < -0.4 is 4.74 Å². The summed E-state index contributed by atoms with van der Waals surface area (Å²) in [6.45, 7) is 5.25. The Morgan fingerprint density at radius 2 is 1.61 bits per heavy atom. The van der Waals surface area contributed by atoms with E-state index in [4.69, 9.17) is 4.74 Å². The normalized spacial score (nSPS) is 18.5. The number of benzene rings is 2. The second kappa shape index (κ2) is 13.1. The molecule has 0 bridgehead atoms. The van der Waals surface area contributed by atoms with Crippen molar-refractivity contribution >= 4 is 0 Å². The number of allylic oxidation sites excluding steroid dienone is 2. The molecule has 164 valence electrons. The van der Waals surface area contributed by atoms with Gasteiger partial charge in [-0.2, -0.15) is 0 Å². The summed E-state index contributed by atoms with van der Waals surface area (Å²) in [5, 5.41) is 0. The molecule has 1 fully saturated rings. The van der Waals surface area contributed by atoms with E-state index in [1.807, 2.05) is 24.3 Å². The summed E-state index contributed by atoms with van der Waals surface area (Å²) in [7, 11) is 0. The molecular formula is C30H38O. The lowest BCUT2D eigenvalue weighted by Gasteiger charge is -2.27. The molecule has 2 aromatic carbocycles. The van der Waals surface area contributed by atoms with Gasteiger partial charge >= 0.3 is 0 Å². The zero-order chi connectivity index (χ0) is 21.7. The molecule has 1 aliphatic rings. The fraction of sp³-hybridized carbons (Fsp3) is 0.467. The minimum Gasteiger partial charge on any atom is -0.494 e. The van der Waals surface area contributed by atoms with Gasteiger partial charge in [0.15, 0.2) is 0 Å². The van der Waals surface area contributed by atoms with Crippen molar-refractivity contribution in [3.8, 4) is 17.6 Å². The Hall–Kier alpha value is -2.46. The summed E-state index contributed by atoms with van der Waals surface area (Å²) >= 11 is 0. The van der Waals surface area contributed by atoms with Crippen LogP contribution >= 0.6 is 0 Å². The van der Waals surface area contributed by atoms with Crippen LogP contribution in [0.25, 0.3) is 0 Å². The summed E-state index contributed by atoms with van der Waals surface area (Å²) < 4.78 is 5.76. The standard InChI is InChI=1S/C30H38O/c1-3-5-8-24-31-30-22-16-27(17-23-30)11-7-6-10-26-14-20-29(21-15-26)28-18-12-25(9-4-2)13-19-28/h6,10,12-13,16-19,22-23,26,29H,3-5,8-9,14-15,20-21,24H2,1-2H3/b10-6+. The average molecular weight is 415 g/mol. The SMILES string of the molecule is CCCCCOc1ccc(C#C/C=C/C2CCC(c3ccc(CCC)cc3)CC2)cc1. The smallest absolute Gasteiger partial charge is 0.119 e. The molecule has 0 amide bonds. The molecule has 31 heavy (non-hydrogen) atoms. The number of hydrogen-bond acceptors (Lipinski definition) is 1. The van der Waals surface area contributed by atoms with E-state index in [0.29, 0.717) is 5.92 Å². The third kappa shape index (κ3) is 7.95. The highest BCUT2D eigenvalue weighted by molar-refractivity contribution is 5.40. The van der Waals surface area contributed by atoms with Gasteiger partial charge in [-0.25, -0.2) is 0 Å². The van der Waals surface area contributed by atoms with Crippen LogP contribution in [0.4, 0.5) is 0 Å². The van der Waals surface area contributed by atoms with Crippen LogP contribution in [0.1, 0.15) is 87.8 Å². The number of unbranched alkanes of at least 4 members (excludes halogenated alkanes) is 2. The van der Waals surface area contributed by atoms with Gasteiger partial charge in [-0.05, 0) is 91.8 Å². The maximum atomic E-state index is 5.76. The lowest BCUT2D eigenvalue weighted by atomic mass is 9.78. The molecule has 0 N–H and O–H groups in total. The van der Waals surface area contributed by atoms with E-state index in [0.717, 1.165) is 30.3 Å². The first kappa shape index (κ1) is 23.2. The van der Waals surface area contributed by atoms with E-state index in [9.17, 15) is 0 Å². The lowest BCUT2D eigenvalue weighted by molar-refractivity contribution is 0.306. The van der Waals surface area contributed by atoms with E-state index in [1.54, 1.807) is 0 Å². The fourth-order valence-corrected chi connectivity index (χ4v) is 4.38. The van der Waals surface area contributed by atoms with E-state index >= 15 is 0 Å². The Kier molecular flexibility index (Phi) is 9.78. The van der Waals surface area contributed by atoms with E-state index < -0.39 is 0 Å².